The fourth-order valence-corrected chi connectivity index (χ4v) is 1.66. The molecule has 0 heterocycles. The minimum absolute atomic E-state index is 0.279. The van der Waals surface area contributed by atoms with Crippen molar-refractivity contribution in [1.82, 2.24) is 0 Å². The fraction of sp³-hybridized carbons (Fsp3) is 0.417. The van der Waals surface area contributed by atoms with Crippen LogP contribution in [0, 0.1) is 0 Å². The van der Waals surface area contributed by atoms with Crippen LogP contribution in [0.15, 0.2) is 18.2 Å². The van der Waals surface area contributed by atoms with Crippen molar-refractivity contribution < 1.29 is 18.0 Å². The molecule has 0 aliphatic rings. The van der Waals surface area contributed by atoms with Crippen LogP contribution in [0.3, 0.4) is 0 Å². The van der Waals surface area contributed by atoms with E-state index in [1.807, 2.05) is 13.8 Å². The quantitative estimate of drug-likeness (QED) is 0.758. The van der Waals surface area contributed by atoms with Gasteiger partial charge in [0.05, 0.1) is 5.56 Å². The molecule has 0 radical (unpaired) electrons. The number of carbonyl (C=O) groups is 1. The van der Waals surface area contributed by atoms with Crippen LogP contribution >= 0.6 is 0 Å². The predicted molar refractivity (Wildman–Crippen MR) is 60.4 cm³/mol. The monoisotopic (exact) mass is 245 g/mol. The molecule has 0 fully saturated rings. The molecule has 0 spiro atoms. The molecular formula is C12H14F3NO. The molecule has 0 aromatic heterocycles. The average Bonchev–Trinajstić information content (AvgIpc) is 2.29. The summed E-state index contributed by atoms with van der Waals surface area (Å²) in [6.07, 6.45) is -3.81. The highest BCUT2D eigenvalue weighted by Gasteiger charge is 2.31. The minimum Gasteiger partial charge on any atom is -0.372 e. The number of benzene rings is 1. The Morgan fingerprint density at radius 2 is 1.82 bits per heavy atom. The van der Waals surface area contributed by atoms with Crippen molar-refractivity contribution in [3.63, 3.8) is 0 Å². The van der Waals surface area contributed by atoms with Crippen LogP contribution in [-0.4, -0.2) is 19.4 Å². The highest BCUT2D eigenvalue weighted by molar-refractivity contribution is 5.85. The topological polar surface area (TPSA) is 20.3 Å². The number of hydrogen-bond donors (Lipinski definition) is 0. The van der Waals surface area contributed by atoms with Gasteiger partial charge in [-0.25, -0.2) is 0 Å². The minimum atomic E-state index is -4.39. The molecule has 94 valence electrons. The fourth-order valence-electron chi connectivity index (χ4n) is 1.66. The number of alkyl halides is 3. The molecule has 0 unspecified atom stereocenters. The predicted octanol–water partition coefficient (Wildman–Crippen LogP) is 3.36. The zero-order chi connectivity index (χ0) is 13.1. The van der Waals surface area contributed by atoms with Gasteiger partial charge >= 0.3 is 6.18 Å². The number of nitrogens with zero attached hydrogens (tertiary/aromatic N) is 1. The van der Waals surface area contributed by atoms with E-state index in [4.69, 9.17) is 0 Å². The standard InChI is InChI=1S/C12H14F3NO/c1-3-16(4-2)11-7-10(12(13,14)15)6-5-9(11)8-17/h5-8H,3-4H2,1-2H3. The maximum absolute atomic E-state index is 12.6. The van der Waals surface area contributed by atoms with Gasteiger partial charge in [-0.2, -0.15) is 13.2 Å². The van der Waals surface area contributed by atoms with Gasteiger partial charge in [0.2, 0.25) is 0 Å². The second-order valence-electron chi connectivity index (χ2n) is 3.56. The number of carbonyl (C=O) groups excluding carboxylic acids is 1. The molecule has 0 atom stereocenters. The Bertz CT molecular complexity index is 397. The number of anilines is 1. The summed E-state index contributed by atoms with van der Waals surface area (Å²) in [4.78, 5) is 12.5. The summed E-state index contributed by atoms with van der Waals surface area (Å²) in [5, 5.41) is 0. The summed E-state index contributed by atoms with van der Waals surface area (Å²) in [7, 11) is 0. The summed E-state index contributed by atoms with van der Waals surface area (Å²) < 4.78 is 37.7. The van der Waals surface area contributed by atoms with Gasteiger partial charge in [-0.1, -0.05) is 0 Å². The SMILES string of the molecule is CCN(CC)c1cc(C(F)(F)F)ccc1C=O. The highest BCUT2D eigenvalue weighted by Crippen LogP contribution is 2.33. The molecule has 0 aliphatic carbocycles. The van der Waals surface area contributed by atoms with Crippen LogP contribution in [0.5, 0.6) is 0 Å². The van der Waals surface area contributed by atoms with Gasteiger partial charge in [-0.15, -0.1) is 0 Å². The number of hydrogen-bond acceptors (Lipinski definition) is 2. The molecule has 17 heavy (non-hydrogen) atoms. The van der Waals surface area contributed by atoms with E-state index < -0.39 is 11.7 Å². The molecule has 0 saturated heterocycles. The first kappa shape index (κ1) is 13.5. The smallest absolute Gasteiger partial charge is 0.372 e. The Balaban J connectivity index is 3.28. The molecule has 0 saturated carbocycles. The Morgan fingerprint density at radius 3 is 2.24 bits per heavy atom. The summed E-state index contributed by atoms with van der Waals surface area (Å²) in [5.74, 6) is 0. The normalized spacial score (nSPS) is 11.4. The van der Waals surface area contributed by atoms with E-state index in [-0.39, 0.29) is 5.56 Å². The van der Waals surface area contributed by atoms with E-state index in [1.54, 1.807) is 4.90 Å². The van der Waals surface area contributed by atoms with Crippen molar-refractivity contribution in [2.45, 2.75) is 20.0 Å². The van der Waals surface area contributed by atoms with Crippen molar-refractivity contribution in [3.05, 3.63) is 29.3 Å². The maximum Gasteiger partial charge on any atom is 0.416 e. The Labute approximate surface area is 98.0 Å². The Hall–Kier alpha value is -1.52. The van der Waals surface area contributed by atoms with Crippen molar-refractivity contribution in [2.75, 3.05) is 18.0 Å². The maximum atomic E-state index is 12.6. The summed E-state index contributed by atoms with van der Waals surface area (Å²) in [6.45, 7) is 4.77. The van der Waals surface area contributed by atoms with Gasteiger partial charge < -0.3 is 4.90 Å². The first-order chi connectivity index (χ1) is 7.93. The highest BCUT2D eigenvalue weighted by atomic mass is 19.4. The molecule has 2 nitrogen and oxygen atoms in total. The lowest BCUT2D eigenvalue weighted by Gasteiger charge is -2.23. The van der Waals surface area contributed by atoms with Crippen molar-refractivity contribution in [3.8, 4) is 0 Å². The van der Waals surface area contributed by atoms with Crippen LogP contribution in [0.25, 0.3) is 0 Å². The van der Waals surface area contributed by atoms with Crippen molar-refractivity contribution in [1.29, 1.82) is 0 Å². The van der Waals surface area contributed by atoms with E-state index in [0.29, 0.717) is 25.1 Å². The lowest BCUT2D eigenvalue weighted by Crippen LogP contribution is -2.23. The Morgan fingerprint density at radius 1 is 1.24 bits per heavy atom. The summed E-state index contributed by atoms with van der Waals surface area (Å²) in [6, 6.07) is 3.16. The number of halogens is 3. The second-order valence-corrected chi connectivity index (χ2v) is 3.56. The third-order valence-electron chi connectivity index (χ3n) is 2.59. The van der Waals surface area contributed by atoms with Gasteiger partial charge in [-0.05, 0) is 32.0 Å². The van der Waals surface area contributed by atoms with Crippen LogP contribution in [0.2, 0.25) is 0 Å². The molecule has 1 rings (SSSR count). The van der Waals surface area contributed by atoms with E-state index >= 15 is 0 Å². The summed E-state index contributed by atoms with van der Waals surface area (Å²) >= 11 is 0. The molecule has 5 heteroatoms. The van der Waals surface area contributed by atoms with E-state index in [9.17, 15) is 18.0 Å². The molecule has 0 bridgehead atoms. The first-order valence-electron chi connectivity index (χ1n) is 5.35. The summed E-state index contributed by atoms with van der Waals surface area (Å²) in [5.41, 5.74) is -0.119. The largest absolute Gasteiger partial charge is 0.416 e. The molecule has 0 N–H and O–H groups in total. The second kappa shape index (κ2) is 5.21. The Kier molecular flexibility index (Phi) is 4.15. The van der Waals surface area contributed by atoms with Gasteiger partial charge in [0.25, 0.3) is 0 Å². The molecule has 0 aliphatic heterocycles. The first-order valence-corrected chi connectivity index (χ1v) is 5.35. The third-order valence-corrected chi connectivity index (χ3v) is 2.59. The number of rotatable bonds is 4. The van der Waals surface area contributed by atoms with Crippen LogP contribution in [-0.2, 0) is 6.18 Å². The molecule has 0 amide bonds. The van der Waals surface area contributed by atoms with E-state index in [2.05, 4.69) is 0 Å². The van der Waals surface area contributed by atoms with Gasteiger partial charge in [0.15, 0.2) is 6.29 Å². The lowest BCUT2D eigenvalue weighted by molar-refractivity contribution is -0.137. The van der Waals surface area contributed by atoms with Crippen LogP contribution in [0.1, 0.15) is 29.8 Å². The molecule has 1 aromatic carbocycles. The lowest BCUT2D eigenvalue weighted by atomic mass is 10.1. The zero-order valence-corrected chi connectivity index (χ0v) is 9.71. The van der Waals surface area contributed by atoms with Gasteiger partial charge in [0, 0.05) is 24.3 Å². The van der Waals surface area contributed by atoms with Crippen LogP contribution < -0.4 is 4.90 Å². The van der Waals surface area contributed by atoms with Gasteiger partial charge in [-0.3, -0.25) is 4.79 Å². The van der Waals surface area contributed by atoms with Crippen molar-refractivity contribution >= 4 is 12.0 Å². The third kappa shape index (κ3) is 2.99. The number of aldehydes is 1. The molecular weight excluding hydrogens is 231 g/mol. The van der Waals surface area contributed by atoms with E-state index in [0.717, 1.165) is 12.1 Å². The average molecular weight is 245 g/mol. The molecule has 1 aromatic rings. The van der Waals surface area contributed by atoms with E-state index in [1.165, 1.54) is 6.07 Å². The van der Waals surface area contributed by atoms with Gasteiger partial charge in [0.1, 0.15) is 0 Å². The van der Waals surface area contributed by atoms with Crippen molar-refractivity contribution in [2.24, 2.45) is 0 Å². The zero-order valence-electron chi connectivity index (χ0n) is 9.71. The van der Waals surface area contributed by atoms with Crippen LogP contribution in [0.4, 0.5) is 18.9 Å².